The predicted molar refractivity (Wildman–Crippen MR) is 144 cm³/mol. The normalized spacial score (nSPS) is 32.4. The molecule has 0 radical (unpaired) electrons. The average Bonchev–Trinajstić information content (AvgIpc) is 2.89. The van der Waals surface area contributed by atoms with E-state index in [9.17, 15) is 19.8 Å². The monoisotopic (exact) mass is 664 g/mol. The number of carbonyl (C=O) groups excluding carboxylic acids is 2. The molecule has 214 valence electrons. The largest absolute Gasteiger partial charge is 1.00 e. The molecule has 2 atom stereocenters. The van der Waals surface area contributed by atoms with Crippen LogP contribution < -0.4 is 34.0 Å². The summed E-state index contributed by atoms with van der Waals surface area (Å²) in [7, 11) is 0. The Hall–Kier alpha value is -1.42. The number of benzene rings is 2. The van der Waals surface area contributed by atoms with Crippen LogP contribution in [0.15, 0.2) is 48.5 Å². The van der Waals surface area contributed by atoms with Crippen molar-refractivity contribution in [3.63, 3.8) is 0 Å². The van der Waals surface area contributed by atoms with Gasteiger partial charge in [-0.3, -0.25) is 9.59 Å². The van der Waals surface area contributed by atoms with Gasteiger partial charge in [-0.15, -0.1) is 0 Å². The van der Waals surface area contributed by atoms with Crippen molar-refractivity contribution < 1.29 is 62.7 Å². The van der Waals surface area contributed by atoms with Gasteiger partial charge in [-0.05, 0) is 11.1 Å². The zero-order valence-electron chi connectivity index (χ0n) is 21.8. The first-order valence-electron chi connectivity index (χ1n) is 13.7. The van der Waals surface area contributed by atoms with E-state index in [0.717, 1.165) is 83.1 Å². The Morgan fingerprint density at radius 1 is 0.615 bits per heavy atom. The highest BCUT2D eigenvalue weighted by Gasteiger charge is 2.47. The Morgan fingerprint density at radius 2 is 0.923 bits per heavy atom. The molecule has 8 heteroatoms. The maximum Gasteiger partial charge on any atom is 0.216 e. The number of carbonyl (C=O) groups is 2. The van der Waals surface area contributed by atoms with Crippen LogP contribution in [0.2, 0.25) is 0 Å². The number of rotatable bonds is 7. The first-order chi connectivity index (χ1) is 17.3. The molecule has 2 aromatic carbocycles. The topological polar surface area (TPSA) is 74.6 Å². The van der Waals surface area contributed by atoms with E-state index >= 15 is 0 Å². The minimum atomic E-state index is -0.264. The number of halogens is 2. The van der Waals surface area contributed by atoms with E-state index in [1.165, 1.54) is 0 Å². The Balaban J connectivity index is 0.00000140. The number of piperidine rings is 6. The number of nitrogens with zero attached hydrogens (tertiary/aromatic N) is 2. The molecule has 6 aliphatic rings. The van der Waals surface area contributed by atoms with Crippen LogP contribution in [0.3, 0.4) is 0 Å². The van der Waals surface area contributed by atoms with Crippen molar-refractivity contribution in [3.8, 4) is 11.1 Å². The van der Waals surface area contributed by atoms with Gasteiger partial charge < -0.3 is 53.1 Å². The Labute approximate surface area is 253 Å². The standard InChI is InChI=1S/C30H38N2O4.CH4.2BrH/c33-27(17-31-13-9-25(10-14-31)29(35)19-31)23-5-1-21(2-6-23)22-3-7-24(8-4-22)28(34)18-32-15-11-26(12-16-32)30(36)20-32;;;/h1-8,25-26,29-30,35-36H,9-20H2;1H4;2*1H/q+2;;;/p-2. The van der Waals surface area contributed by atoms with E-state index in [2.05, 4.69) is 0 Å². The molecule has 0 aromatic heterocycles. The van der Waals surface area contributed by atoms with Crippen molar-refractivity contribution in [2.75, 3.05) is 52.4 Å². The minimum absolute atomic E-state index is 0. The van der Waals surface area contributed by atoms with E-state index < -0.39 is 0 Å². The molecule has 4 bridgehead atoms. The van der Waals surface area contributed by atoms with E-state index in [0.29, 0.717) is 38.0 Å². The quantitative estimate of drug-likeness (QED) is 0.255. The van der Waals surface area contributed by atoms with Crippen molar-refractivity contribution in [2.24, 2.45) is 11.8 Å². The fraction of sp³-hybridized carbons (Fsp3) is 0.548. The third-order valence-corrected chi connectivity index (χ3v) is 9.84. The number of ketones is 2. The van der Waals surface area contributed by atoms with E-state index in [4.69, 9.17) is 0 Å². The third kappa shape index (κ3) is 6.41. The highest BCUT2D eigenvalue weighted by atomic mass is 79.9. The molecule has 2 N–H and O–H groups in total. The molecule has 2 unspecified atom stereocenters. The second-order valence-corrected chi connectivity index (χ2v) is 12.1. The molecule has 0 aliphatic carbocycles. The van der Waals surface area contributed by atoms with Crippen LogP contribution >= 0.6 is 0 Å². The number of hydrogen-bond acceptors (Lipinski definition) is 4. The van der Waals surface area contributed by atoms with Crippen LogP contribution in [-0.2, 0) is 0 Å². The van der Waals surface area contributed by atoms with Gasteiger partial charge in [0.25, 0.3) is 0 Å². The number of hydrogen-bond donors (Lipinski definition) is 2. The van der Waals surface area contributed by atoms with Gasteiger partial charge in [0.15, 0.2) is 0 Å². The second-order valence-electron chi connectivity index (χ2n) is 12.1. The molecule has 8 rings (SSSR count). The Morgan fingerprint density at radius 3 is 1.21 bits per heavy atom. The molecule has 2 aromatic rings. The van der Waals surface area contributed by atoms with E-state index in [1.54, 1.807) is 0 Å². The van der Waals surface area contributed by atoms with E-state index in [-0.39, 0.29) is 65.2 Å². The summed E-state index contributed by atoms with van der Waals surface area (Å²) >= 11 is 0. The van der Waals surface area contributed by atoms with Crippen LogP contribution in [0, 0.1) is 11.8 Å². The molecule has 6 heterocycles. The van der Waals surface area contributed by atoms with Crippen molar-refractivity contribution >= 4 is 11.6 Å². The van der Waals surface area contributed by atoms with E-state index in [1.807, 2.05) is 48.5 Å². The maximum absolute atomic E-state index is 13.1. The maximum atomic E-state index is 13.1. The molecule has 0 saturated carbocycles. The molecule has 0 spiro atoms. The lowest BCUT2D eigenvalue weighted by Gasteiger charge is -2.50. The van der Waals surface area contributed by atoms with Crippen molar-refractivity contribution in [1.29, 1.82) is 0 Å². The summed E-state index contributed by atoms with van der Waals surface area (Å²) in [4.78, 5) is 26.1. The summed E-state index contributed by atoms with van der Waals surface area (Å²) in [6.07, 6.45) is 3.56. The van der Waals surface area contributed by atoms with Gasteiger partial charge in [-0.1, -0.05) is 56.0 Å². The second kappa shape index (κ2) is 12.6. The van der Waals surface area contributed by atoms with Gasteiger partial charge in [0, 0.05) is 48.6 Å². The first-order valence-corrected chi connectivity index (χ1v) is 13.7. The lowest BCUT2D eigenvalue weighted by molar-refractivity contribution is -0.938. The van der Waals surface area contributed by atoms with Crippen LogP contribution in [0.25, 0.3) is 11.1 Å². The zero-order valence-corrected chi connectivity index (χ0v) is 24.9. The van der Waals surface area contributed by atoms with Gasteiger partial charge in [-0.25, -0.2) is 0 Å². The minimum Gasteiger partial charge on any atom is -1.00 e. The lowest BCUT2D eigenvalue weighted by Crippen LogP contribution is -3.00. The SMILES string of the molecule is C.O=C(C[N+]12CCC(CC1)C(O)C2)c1ccc(-c2ccc(C(=O)C[N+]34CCC(CC3)C(O)C4)cc2)cc1.[Br-].[Br-]. The molecule has 6 nitrogen and oxygen atoms in total. The van der Waals surface area contributed by atoms with Gasteiger partial charge in [0.1, 0.15) is 38.4 Å². The zero-order chi connectivity index (χ0) is 24.9. The smallest absolute Gasteiger partial charge is 0.216 e. The van der Waals surface area contributed by atoms with Gasteiger partial charge in [0.2, 0.25) is 11.6 Å². The number of Topliss-reactive ketones (excluding diaryl/α,β-unsaturated/α-hetero) is 2. The number of aliphatic hydroxyl groups is 2. The lowest BCUT2D eigenvalue weighted by atomic mass is 9.83. The molecular formula is C31H42Br2N2O4. The fourth-order valence-corrected chi connectivity index (χ4v) is 7.43. The molecule has 39 heavy (non-hydrogen) atoms. The molecule has 6 saturated heterocycles. The third-order valence-electron chi connectivity index (χ3n) is 9.84. The Kier molecular flexibility index (Phi) is 10.4. The molecular weight excluding hydrogens is 624 g/mol. The van der Waals surface area contributed by atoms with Crippen molar-refractivity contribution in [3.05, 3.63) is 59.7 Å². The van der Waals surface area contributed by atoms with Crippen LogP contribution in [0.4, 0.5) is 0 Å². The number of aliphatic hydroxyl groups excluding tert-OH is 2. The van der Waals surface area contributed by atoms with Crippen LogP contribution in [0.1, 0.15) is 53.8 Å². The summed E-state index contributed by atoms with van der Waals surface area (Å²) < 4.78 is 1.46. The molecule has 6 aliphatic heterocycles. The number of quaternary nitrogens is 2. The van der Waals surface area contributed by atoms with Gasteiger partial charge >= 0.3 is 0 Å². The molecule has 0 amide bonds. The summed E-state index contributed by atoms with van der Waals surface area (Å²) in [6, 6.07) is 15.6. The fourth-order valence-electron chi connectivity index (χ4n) is 7.43. The van der Waals surface area contributed by atoms with Crippen molar-refractivity contribution in [1.82, 2.24) is 0 Å². The van der Waals surface area contributed by atoms with Gasteiger partial charge in [0.05, 0.1) is 26.2 Å². The van der Waals surface area contributed by atoms with Crippen LogP contribution in [-0.4, -0.2) is 95.3 Å². The molecule has 6 fully saturated rings. The summed E-state index contributed by atoms with van der Waals surface area (Å²) in [6.45, 7) is 6.35. The summed E-state index contributed by atoms with van der Waals surface area (Å²) in [5.74, 6) is 1.15. The summed E-state index contributed by atoms with van der Waals surface area (Å²) in [5, 5.41) is 20.6. The summed E-state index contributed by atoms with van der Waals surface area (Å²) in [5.41, 5.74) is 3.49. The van der Waals surface area contributed by atoms with Crippen molar-refractivity contribution in [2.45, 2.75) is 45.3 Å². The Bertz CT molecular complexity index is 1050. The average molecular weight is 666 g/mol. The van der Waals surface area contributed by atoms with Gasteiger partial charge in [-0.2, -0.15) is 0 Å². The first kappa shape index (κ1) is 32.1. The highest BCUT2D eigenvalue weighted by molar-refractivity contribution is 5.98. The predicted octanol–water partition coefficient (Wildman–Crippen LogP) is -2.43. The highest BCUT2D eigenvalue weighted by Crippen LogP contribution is 2.35. The number of fused-ring (bicyclic) bond motifs is 6. The van der Waals surface area contributed by atoms with Crippen LogP contribution in [0.5, 0.6) is 0 Å².